The molecule has 0 N–H and O–H groups in total. The van der Waals surface area contributed by atoms with E-state index in [1.54, 1.807) is 18.2 Å². The van der Waals surface area contributed by atoms with Crippen LogP contribution in [0.4, 0.5) is 0 Å². The number of methoxy groups -OCH3 is 1. The van der Waals surface area contributed by atoms with Crippen LogP contribution < -0.4 is 0 Å². The lowest BCUT2D eigenvalue weighted by molar-refractivity contribution is 0.0601. The highest BCUT2D eigenvalue weighted by atomic mass is 16.5. The van der Waals surface area contributed by atoms with Crippen LogP contribution in [0.25, 0.3) is 33.7 Å². The Kier molecular flexibility index (Phi) is 5.17. The first kappa shape index (κ1) is 20.9. The first-order chi connectivity index (χ1) is 16.0. The molecule has 5 aromatic rings. The summed E-state index contributed by atoms with van der Waals surface area (Å²) in [6.45, 7) is 6.76. The Morgan fingerprint density at radius 3 is 2.64 bits per heavy atom. The Bertz CT molecular complexity index is 1510. The van der Waals surface area contributed by atoms with Gasteiger partial charge in [0.1, 0.15) is 16.9 Å². The molecule has 0 radical (unpaired) electrons. The van der Waals surface area contributed by atoms with Crippen LogP contribution in [0.5, 0.6) is 0 Å². The molecule has 3 aromatic heterocycles. The summed E-state index contributed by atoms with van der Waals surface area (Å²) in [5.41, 5.74) is 7.57. The smallest absolute Gasteiger partial charge is 0.337 e. The predicted molar refractivity (Wildman–Crippen MR) is 126 cm³/mol. The summed E-state index contributed by atoms with van der Waals surface area (Å²) in [6.07, 6.45) is 0.801. The fourth-order valence-electron chi connectivity index (χ4n) is 4.21. The van der Waals surface area contributed by atoms with Crippen LogP contribution in [0.2, 0.25) is 0 Å². The molecule has 0 atom stereocenters. The van der Waals surface area contributed by atoms with E-state index in [0.29, 0.717) is 23.6 Å². The third kappa shape index (κ3) is 3.65. The van der Waals surface area contributed by atoms with Crippen molar-refractivity contribution < 1.29 is 13.9 Å². The zero-order chi connectivity index (χ0) is 23.1. The Balaban J connectivity index is 1.60. The number of imidazole rings is 1. The Labute approximate surface area is 191 Å². The van der Waals surface area contributed by atoms with E-state index in [2.05, 4.69) is 24.5 Å². The first-order valence-corrected chi connectivity index (χ1v) is 10.9. The topological polar surface area (TPSA) is 83.0 Å². The number of nitrogens with zero attached hydrogens (tertiary/aromatic N) is 4. The van der Waals surface area contributed by atoms with E-state index < -0.39 is 5.97 Å². The maximum absolute atomic E-state index is 11.9. The second kappa shape index (κ2) is 8.16. The number of carbonyl (C=O) groups is 1. The lowest BCUT2D eigenvalue weighted by atomic mass is 10.1. The average Bonchev–Trinajstić information content (AvgIpc) is 3.41. The summed E-state index contributed by atoms with van der Waals surface area (Å²) < 4.78 is 13.1. The second-order valence-electron chi connectivity index (χ2n) is 8.08. The van der Waals surface area contributed by atoms with Crippen molar-refractivity contribution in [2.45, 2.75) is 33.7 Å². The van der Waals surface area contributed by atoms with Crippen LogP contribution in [-0.4, -0.2) is 32.6 Å². The Morgan fingerprint density at radius 1 is 1.03 bits per heavy atom. The van der Waals surface area contributed by atoms with E-state index >= 15 is 0 Å². The second-order valence-corrected chi connectivity index (χ2v) is 8.08. The molecule has 0 aliphatic heterocycles. The number of benzene rings is 2. The van der Waals surface area contributed by atoms with Crippen molar-refractivity contribution in [2.75, 3.05) is 7.11 Å². The highest BCUT2D eigenvalue weighted by molar-refractivity contribution is 5.91. The zero-order valence-electron chi connectivity index (χ0n) is 19.0. The number of aromatic nitrogens is 4. The number of oxazole rings is 1. The van der Waals surface area contributed by atoms with Crippen molar-refractivity contribution in [3.63, 3.8) is 0 Å². The van der Waals surface area contributed by atoms with Gasteiger partial charge < -0.3 is 13.7 Å². The van der Waals surface area contributed by atoms with Crippen LogP contribution in [0.1, 0.15) is 39.9 Å². The highest BCUT2D eigenvalue weighted by Gasteiger charge is 2.17. The minimum atomic E-state index is -0.397. The largest absolute Gasteiger partial charge is 0.465 e. The fourth-order valence-corrected chi connectivity index (χ4v) is 4.21. The van der Waals surface area contributed by atoms with E-state index in [0.717, 1.165) is 51.3 Å². The normalized spacial score (nSPS) is 11.4. The molecule has 0 saturated carbocycles. The van der Waals surface area contributed by atoms with Crippen molar-refractivity contribution in [3.8, 4) is 11.5 Å². The maximum Gasteiger partial charge on any atom is 0.337 e. The third-order valence-electron chi connectivity index (χ3n) is 5.78. The molecule has 0 spiro atoms. The number of esters is 1. The Hall–Kier alpha value is -4.00. The molecule has 3 heterocycles. The number of para-hydroxylation sites is 1. The number of rotatable bonds is 5. The predicted octanol–water partition coefficient (Wildman–Crippen LogP) is 5.25. The quantitative estimate of drug-likeness (QED) is 0.347. The van der Waals surface area contributed by atoms with Crippen molar-refractivity contribution in [2.24, 2.45) is 0 Å². The van der Waals surface area contributed by atoms with Crippen LogP contribution in [-0.2, 0) is 17.7 Å². The molecule has 0 amide bonds. The summed E-state index contributed by atoms with van der Waals surface area (Å²) in [4.78, 5) is 26.3. The number of aryl methyl sites for hydroxylation is 3. The van der Waals surface area contributed by atoms with Gasteiger partial charge in [0, 0.05) is 23.2 Å². The number of fused-ring (bicyclic) bond motifs is 2. The van der Waals surface area contributed by atoms with Crippen molar-refractivity contribution in [3.05, 3.63) is 76.7 Å². The van der Waals surface area contributed by atoms with Crippen molar-refractivity contribution in [1.29, 1.82) is 0 Å². The molecule has 33 heavy (non-hydrogen) atoms. The molecule has 0 saturated heterocycles. The first-order valence-electron chi connectivity index (χ1n) is 10.9. The molecule has 7 heteroatoms. The molecule has 0 bridgehead atoms. The van der Waals surface area contributed by atoms with Gasteiger partial charge in [-0.25, -0.2) is 19.7 Å². The van der Waals surface area contributed by atoms with Crippen LogP contribution in [0.3, 0.4) is 0 Å². The summed E-state index contributed by atoms with van der Waals surface area (Å²) in [6, 6.07) is 15.1. The van der Waals surface area contributed by atoms with E-state index in [9.17, 15) is 4.79 Å². The zero-order valence-corrected chi connectivity index (χ0v) is 19.0. The van der Waals surface area contributed by atoms with E-state index in [-0.39, 0.29) is 0 Å². The van der Waals surface area contributed by atoms with E-state index in [4.69, 9.17) is 24.1 Å². The molecule has 0 aliphatic rings. The summed E-state index contributed by atoms with van der Waals surface area (Å²) in [5.74, 6) is 1.04. The van der Waals surface area contributed by atoms with Gasteiger partial charge in [0.25, 0.3) is 0 Å². The van der Waals surface area contributed by atoms with Gasteiger partial charge >= 0.3 is 5.97 Å². The number of pyridine rings is 1. The molecule has 0 fully saturated rings. The summed E-state index contributed by atoms with van der Waals surface area (Å²) in [7, 11) is 1.36. The molecule has 166 valence electrons. The van der Waals surface area contributed by atoms with Gasteiger partial charge in [-0.05, 0) is 49.7 Å². The van der Waals surface area contributed by atoms with Gasteiger partial charge in [0.2, 0.25) is 5.89 Å². The van der Waals surface area contributed by atoms with Gasteiger partial charge in [-0.15, -0.1) is 0 Å². The SMILES string of the molecule is CCc1nc2c(C)cc(C)nc2n1Cc1cccc2oc(-c3cccc(C(=O)OC)c3)nc12. The van der Waals surface area contributed by atoms with Crippen LogP contribution in [0.15, 0.2) is 52.9 Å². The lowest BCUT2D eigenvalue weighted by Gasteiger charge is -2.08. The number of ether oxygens (including phenoxy) is 1. The fraction of sp³-hybridized carbons (Fsp3) is 0.231. The van der Waals surface area contributed by atoms with E-state index in [1.165, 1.54) is 7.11 Å². The monoisotopic (exact) mass is 440 g/mol. The Morgan fingerprint density at radius 2 is 1.85 bits per heavy atom. The van der Waals surface area contributed by atoms with Crippen LogP contribution >= 0.6 is 0 Å². The summed E-state index contributed by atoms with van der Waals surface area (Å²) in [5, 5.41) is 0. The molecule has 0 aliphatic carbocycles. The standard InChI is InChI=1S/C26H24N4O3/c1-5-21-28-22-15(2)12-16(3)27-24(22)30(21)14-19-10-7-11-20-23(19)29-25(33-20)17-8-6-9-18(13-17)26(31)32-4/h6-13H,5,14H2,1-4H3. The van der Waals surface area contributed by atoms with Gasteiger partial charge in [0.15, 0.2) is 11.2 Å². The van der Waals surface area contributed by atoms with Crippen LogP contribution in [0, 0.1) is 13.8 Å². The minimum absolute atomic E-state index is 0.397. The van der Waals surface area contributed by atoms with Gasteiger partial charge in [0.05, 0.1) is 19.2 Å². The van der Waals surface area contributed by atoms with E-state index in [1.807, 2.05) is 31.2 Å². The van der Waals surface area contributed by atoms with Crippen molar-refractivity contribution in [1.82, 2.24) is 19.5 Å². The minimum Gasteiger partial charge on any atom is -0.465 e. The van der Waals surface area contributed by atoms with Gasteiger partial charge in [-0.3, -0.25) is 0 Å². The van der Waals surface area contributed by atoms with Crippen molar-refractivity contribution >= 4 is 28.2 Å². The summed E-state index contributed by atoms with van der Waals surface area (Å²) >= 11 is 0. The third-order valence-corrected chi connectivity index (χ3v) is 5.78. The van der Waals surface area contributed by atoms with Gasteiger partial charge in [-0.1, -0.05) is 25.1 Å². The lowest BCUT2D eigenvalue weighted by Crippen LogP contribution is -2.06. The highest BCUT2D eigenvalue weighted by Crippen LogP contribution is 2.29. The van der Waals surface area contributed by atoms with Gasteiger partial charge in [-0.2, -0.15) is 0 Å². The number of hydrogen-bond acceptors (Lipinski definition) is 6. The average molecular weight is 441 g/mol. The molecule has 5 rings (SSSR count). The molecule has 2 aromatic carbocycles. The molecule has 7 nitrogen and oxygen atoms in total. The molecule has 0 unspecified atom stereocenters. The molecular weight excluding hydrogens is 416 g/mol. The number of carbonyl (C=O) groups excluding carboxylic acids is 1. The number of hydrogen-bond donors (Lipinski definition) is 0. The molecular formula is C26H24N4O3. The maximum atomic E-state index is 11.9.